The molecule has 2 rings (SSSR count). The Morgan fingerprint density at radius 2 is 2.11 bits per heavy atom. The van der Waals surface area contributed by atoms with Gasteiger partial charge in [0.05, 0.1) is 5.69 Å². The monoisotopic (exact) mass is 267 g/mol. The second kappa shape index (κ2) is 5.86. The Labute approximate surface area is 110 Å². The van der Waals surface area contributed by atoms with E-state index in [9.17, 15) is 9.59 Å². The highest BCUT2D eigenvalue weighted by atomic mass is 32.1. The number of nitrogen functional groups attached to an aromatic ring is 1. The van der Waals surface area contributed by atoms with Gasteiger partial charge in [-0.15, -0.1) is 11.3 Å². The molecule has 5 nitrogen and oxygen atoms in total. The van der Waals surface area contributed by atoms with Gasteiger partial charge in [-0.2, -0.15) is 0 Å². The van der Waals surface area contributed by atoms with Crippen LogP contribution < -0.4 is 11.1 Å². The molecule has 2 heterocycles. The fraction of sp³-hybridized carbons (Fsp3) is 0.500. The smallest absolute Gasteiger partial charge is 0.263 e. The summed E-state index contributed by atoms with van der Waals surface area (Å²) in [5.74, 6) is -0.0799. The van der Waals surface area contributed by atoms with E-state index in [4.69, 9.17) is 5.73 Å². The quantitative estimate of drug-likeness (QED) is 0.857. The van der Waals surface area contributed by atoms with E-state index in [2.05, 4.69) is 5.32 Å². The van der Waals surface area contributed by atoms with Crippen LogP contribution in [0.3, 0.4) is 0 Å². The molecule has 1 aromatic heterocycles. The average Bonchev–Trinajstić information content (AvgIpc) is 2.99. The van der Waals surface area contributed by atoms with Crippen molar-refractivity contribution in [1.82, 2.24) is 10.2 Å². The van der Waals surface area contributed by atoms with Gasteiger partial charge in [0.1, 0.15) is 4.88 Å². The molecule has 18 heavy (non-hydrogen) atoms. The summed E-state index contributed by atoms with van der Waals surface area (Å²) in [5.41, 5.74) is 6.14. The number of rotatable bonds is 4. The highest BCUT2D eigenvalue weighted by molar-refractivity contribution is 7.12. The molecule has 0 aromatic carbocycles. The third kappa shape index (κ3) is 3.01. The van der Waals surface area contributed by atoms with Gasteiger partial charge in [-0.3, -0.25) is 9.59 Å². The first-order valence-corrected chi connectivity index (χ1v) is 6.95. The molecule has 0 aliphatic carbocycles. The largest absolute Gasteiger partial charge is 0.397 e. The maximum Gasteiger partial charge on any atom is 0.263 e. The van der Waals surface area contributed by atoms with E-state index in [1.807, 2.05) is 4.90 Å². The minimum Gasteiger partial charge on any atom is -0.397 e. The van der Waals surface area contributed by atoms with E-state index in [0.717, 1.165) is 25.9 Å². The fourth-order valence-electron chi connectivity index (χ4n) is 1.99. The molecule has 0 saturated carbocycles. The van der Waals surface area contributed by atoms with Crippen molar-refractivity contribution in [3.05, 3.63) is 16.3 Å². The molecule has 1 aliphatic rings. The number of nitrogens with two attached hydrogens (primary N) is 1. The zero-order valence-electron chi connectivity index (χ0n) is 10.1. The molecule has 0 atom stereocenters. The Balaban J connectivity index is 1.73. The number of nitrogens with one attached hydrogen (secondary N) is 1. The molecule has 1 aromatic rings. The summed E-state index contributed by atoms with van der Waals surface area (Å²) in [4.78, 5) is 25.8. The average molecular weight is 267 g/mol. The van der Waals surface area contributed by atoms with Gasteiger partial charge in [-0.1, -0.05) is 0 Å². The molecule has 0 radical (unpaired) electrons. The third-order valence-corrected chi connectivity index (χ3v) is 3.91. The van der Waals surface area contributed by atoms with Crippen LogP contribution in [0.1, 0.15) is 28.9 Å². The van der Waals surface area contributed by atoms with Crippen molar-refractivity contribution in [2.45, 2.75) is 19.3 Å². The van der Waals surface area contributed by atoms with Gasteiger partial charge in [0, 0.05) is 26.1 Å². The Morgan fingerprint density at radius 1 is 1.39 bits per heavy atom. The van der Waals surface area contributed by atoms with E-state index in [0.29, 0.717) is 23.5 Å². The number of likely N-dealkylation sites (tertiary alicyclic amines) is 1. The zero-order valence-corrected chi connectivity index (χ0v) is 11.0. The van der Waals surface area contributed by atoms with Gasteiger partial charge >= 0.3 is 0 Å². The van der Waals surface area contributed by atoms with E-state index in [1.165, 1.54) is 11.3 Å². The van der Waals surface area contributed by atoms with Crippen LogP contribution in [0.25, 0.3) is 0 Å². The van der Waals surface area contributed by atoms with Gasteiger partial charge in [0.25, 0.3) is 5.91 Å². The number of carbonyl (C=O) groups is 2. The maximum absolute atomic E-state index is 11.7. The normalized spacial score (nSPS) is 14.8. The van der Waals surface area contributed by atoms with Crippen LogP contribution in [0, 0.1) is 0 Å². The predicted molar refractivity (Wildman–Crippen MR) is 71.5 cm³/mol. The van der Waals surface area contributed by atoms with Gasteiger partial charge in [0.15, 0.2) is 0 Å². The minimum absolute atomic E-state index is 0.118. The van der Waals surface area contributed by atoms with Crippen molar-refractivity contribution in [3.63, 3.8) is 0 Å². The topological polar surface area (TPSA) is 75.4 Å². The van der Waals surface area contributed by atoms with Crippen molar-refractivity contribution >= 4 is 28.8 Å². The Bertz CT molecular complexity index is 438. The summed E-state index contributed by atoms with van der Waals surface area (Å²) in [6.45, 7) is 2.07. The van der Waals surface area contributed by atoms with Gasteiger partial charge in [-0.25, -0.2) is 0 Å². The predicted octanol–water partition coefficient (Wildman–Crippen LogP) is 1.07. The lowest BCUT2D eigenvalue weighted by Gasteiger charge is -2.15. The summed E-state index contributed by atoms with van der Waals surface area (Å²) in [6.07, 6.45) is 2.53. The van der Waals surface area contributed by atoms with Crippen LogP contribution in [0.2, 0.25) is 0 Å². The SMILES string of the molecule is Nc1ccsc1C(=O)NCCC(=O)N1CCCC1. The molecule has 0 spiro atoms. The maximum atomic E-state index is 11.7. The Morgan fingerprint density at radius 3 is 2.72 bits per heavy atom. The van der Waals surface area contributed by atoms with Crippen molar-refractivity contribution in [2.75, 3.05) is 25.4 Å². The number of anilines is 1. The highest BCUT2D eigenvalue weighted by Crippen LogP contribution is 2.18. The lowest BCUT2D eigenvalue weighted by molar-refractivity contribution is -0.129. The molecular weight excluding hydrogens is 250 g/mol. The number of thiophene rings is 1. The molecule has 1 saturated heterocycles. The molecule has 1 fully saturated rings. The molecular formula is C12H17N3O2S. The first-order valence-electron chi connectivity index (χ1n) is 6.07. The zero-order chi connectivity index (χ0) is 13.0. The van der Waals surface area contributed by atoms with Crippen molar-refractivity contribution < 1.29 is 9.59 Å². The van der Waals surface area contributed by atoms with Gasteiger partial charge < -0.3 is 16.0 Å². The lowest BCUT2D eigenvalue weighted by Crippen LogP contribution is -2.32. The summed E-state index contributed by atoms with van der Waals surface area (Å²) < 4.78 is 0. The molecule has 2 amide bonds. The van der Waals surface area contributed by atoms with Crippen molar-refractivity contribution in [3.8, 4) is 0 Å². The molecule has 3 N–H and O–H groups in total. The van der Waals surface area contributed by atoms with Crippen LogP contribution in [-0.2, 0) is 4.79 Å². The van der Waals surface area contributed by atoms with Crippen LogP contribution in [0.5, 0.6) is 0 Å². The number of hydrogen-bond donors (Lipinski definition) is 2. The molecule has 0 bridgehead atoms. The van der Waals surface area contributed by atoms with E-state index < -0.39 is 0 Å². The highest BCUT2D eigenvalue weighted by Gasteiger charge is 2.18. The molecule has 1 aliphatic heterocycles. The second-order valence-corrected chi connectivity index (χ2v) is 5.21. The molecule has 6 heteroatoms. The standard InChI is InChI=1S/C12H17N3O2S/c13-9-4-8-18-11(9)12(17)14-5-3-10(16)15-6-1-2-7-15/h4,8H,1-3,5-7,13H2,(H,14,17). The number of carbonyl (C=O) groups excluding carboxylic acids is 2. The van der Waals surface area contributed by atoms with E-state index >= 15 is 0 Å². The first kappa shape index (κ1) is 12.9. The van der Waals surface area contributed by atoms with E-state index in [1.54, 1.807) is 11.4 Å². The number of amides is 2. The summed E-state index contributed by atoms with van der Waals surface area (Å²) >= 11 is 1.31. The number of hydrogen-bond acceptors (Lipinski definition) is 4. The number of nitrogens with zero attached hydrogens (tertiary/aromatic N) is 1. The van der Waals surface area contributed by atoms with E-state index in [-0.39, 0.29) is 11.8 Å². The van der Waals surface area contributed by atoms with Crippen molar-refractivity contribution in [2.24, 2.45) is 0 Å². The van der Waals surface area contributed by atoms with Crippen LogP contribution in [0.15, 0.2) is 11.4 Å². The third-order valence-electron chi connectivity index (χ3n) is 2.99. The first-order chi connectivity index (χ1) is 8.68. The molecule has 0 unspecified atom stereocenters. The summed E-state index contributed by atoms with van der Waals surface area (Å²) in [7, 11) is 0. The summed E-state index contributed by atoms with van der Waals surface area (Å²) in [5, 5.41) is 4.50. The van der Waals surface area contributed by atoms with Crippen molar-refractivity contribution in [1.29, 1.82) is 0 Å². The second-order valence-electron chi connectivity index (χ2n) is 4.30. The molecule has 98 valence electrons. The van der Waals surface area contributed by atoms with Crippen LogP contribution in [-0.4, -0.2) is 36.3 Å². The Hall–Kier alpha value is -1.56. The van der Waals surface area contributed by atoms with Crippen LogP contribution >= 0.6 is 11.3 Å². The van der Waals surface area contributed by atoms with Crippen LogP contribution in [0.4, 0.5) is 5.69 Å². The fourth-order valence-corrected chi connectivity index (χ4v) is 2.73. The summed E-state index contributed by atoms with van der Waals surface area (Å²) in [6, 6.07) is 1.70. The Kier molecular flexibility index (Phi) is 4.19. The van der Waals surface area contributed by atoms with Gasteiger partial charge in [-0.05, 0) is 24.3 Å². The lowest BCUT2D eigenvalue weighted by atomic mass is 10.3. The van der Waals surface area contributed by atoms with Gasteiger partial charge in [0.2, 0.25) is 5.91 Å². The minimum atomic E-state index is -0.197.